The molecule has 0 spiro atoms. The first kappa shape index (κ1) is 10.9. The molecule has 2 heteroatoms. The van der Waals surface area contributed by atoms with Crippen LogP contribution in [0.5, 0.6) is 0 Å². The Bertz CT molecular complexity index is 55.1. The molecule has 0 amide bonds. The molecule has 0 aromatic heterocycles. The van der Waals surface area contributed by atoms with Gasteiger partial charge < -0.3 is 0 Å². The molecule has 0 heterocycles. The van der Waals surface area contributed by atoms with Crippen LogP contribution in [0.2, 0.25) is 9.88 Å². The van der Waals surface area contributed by atoms with Crippen LogP contribution < -0.4 is 0 Å². The van der Waals surface area contributed by atoms with E-state index in [4.69, 9.17) is 0 Å². The van der Waals surface area contributed by atoms with Crippen molar-refractivity contribution in [1.29, 1.82) is 0 Å². The predicted octanol–water partition coefficient (Wildman–Crippen LogP) is 1.96. The Hall–Kier alpha value is 0.959. The van der Waals surface area contributed by atoms with E-state index in [1.807, 2.05) is 0 Å². The van der Waals surface area contributed by atoms with Crippen molar-refractivity contribution < 1.29 is 0 Å². The van der Waals surface area contributed by atoms with Gasteiger partial charge in [-0.2, -0.15) is 0 Å². The van der Waals surface area contributed by atoms with E-state index >= 15 is 0 Å². The first-order valence-electron chi connectivity index (χ1n) is 2.40. The average Bonchev–Trinajstić information content (AvgIpc) is 1.35. The smallest absolute Gasteiger partial charge is 0.147 e. The summed E-state index contributed by atoms with van der Waals surface area (Å²) in [6, 6.07) is 0. The van der Waals surface area contributed by atoms with E-state index in [-0.39, 0.29) is 12.4 Å². The number of hydrogen-bond acceptors (Lipinski definition) is 0. The second-order valence-electron chi connectivity index (χ2n) is 1.69. The number of hydrogen-bond donors (Lipinski definition) is 0. The molecular weight excluding hydrogens is 214 g/mol. The molecule has 0 aliphatic heterocycles. The number of halogens is 1. The van der Waals surface area contributed by atoms with E-state index in [1.165, 1.54) is 6.42 Å². The van der Waals surface area contributed by atoms with Crippen LogP contribution in [0.3, 0.4) is 0 Å². The van der Waals surface area contributed by atoms with Gasteiger partial charge in [0.1, 0.15) is 0 Å². The summed E-state index contributed by atoms with van der Waals surface area (Å²) >= 11 is -0.740. The molecule has 0 unspecified atom stereocenters. The largest absolute Gasteiger partial charge is 0.147 e. The van der Waals surface area contributed by atoms with Gasteiger partial charge >= 0.3 is 46.5 Å². The van der Waals surface area contributed by atoms with Crippen LogP contribution >= 0.6 is 12.4 Å². The fourth-order valence-corrected chi connectivity index (χ4v) is 2.74. The quantitative estimate of drug-likeness (QED) is 0.601. The van der Waals surface area contributed by atoms with Gasteiger partial charge in [0.15, 0.2) is 0 Å². The molecule has 0 aliphatic rings. The first-order valence-corrected chi connectivity index (χ1v) is 9.76. The zero-order valence-electron chi connectivity index (χ0n) is 5.19. The molecule has 0 saturated carbocycles. The van der Waals surface area contributed by atoms with Crippen LogP contribution in [0, 0.1) is 0 Å². The third kappa shape index (κ3) is 10.9. The van der Waals surface area contributed by atoms with E-state index in [9.17, 15) is 0 Å². The third-order valence-electron chi connectivity index (χ3n) is 0.612. The molecule has 0 fully saturated rings. The molecule has 0 aromatic rings. The molecule has 0 aromatic carbocycles. The minimum Gasteiger partial charge on any atom is -0.147 e. The molecule has 7 heavy (non-hydrogen) atoms. The maximum atomic E-state index is 2.49. The van der Waals surface area contributed by atoms with E-state index in [0.29, 0.717) is 0 Å². The predicted molar refractivity (Wildman–Crippen MR) is 41.1 cm³/mol. The Balaban J connectivity index is 0. The van der Waals surface area contributed by atoms with Gasteiger partial charge in [0.05, 0.1) is 0 Å². The summed E-state index contributed by atoms with van der Waals surface area (Å²) in [5.41, 5.74) is 0. The molecule has 0 N–H and O–H groups in total. The summed E-state index contributed by atoms with van der Waals surface area (Å²) in [7, 11) is 0. The summed E-state index contributed by atoms with van der Waals surface area (Å²) < 4.78 is 2.49. The second kappa shape index (κ2) is 6.96. The first-order chi connectivity index (χ1) is 2.77. The summed E-state index contributed by atoms with van der Waals surface area (Å²) in [6.45, 7) is 2.22. The van der Waals surface area contributed by atoms with Gasteiger partial charge in [0.2, 0.25) is 0 Å². The Morgan fingerprint density at radius 1 is 1.43 bits per heavy atom. The van der Waals surface area contributed by atoms with Gasteiger partial charge in [0.25, 0.3) is 0 Å². The molecule has 0 aliphatic carbocycles. The topological polar surface area (TPSA) is 0 Å². The summed E-state index contributed by atoms with van der Waals surface area (Å²) in [5, 5.41) is 0. The minimum atomic E-state index is -0.740. The molecule has 0 bridgehead atoms. The fourth-order valence-electron chi connectivity index (χ4n) is 0.408. The Labute approximate surface area is 58.9 Å². The van der Waals surface area contributed by atoms with Crippen LogP contribution in [-0.4, -0.2) is 23.3 Å². The van der Waals surface area contributed by atoms with Crippen molar-refractivity contribution in [3.05, 3.63) is 0 Å². The molecular formula is C5H13ClSn. The van der Waals surface area contributed by atoms with Gasteiger partial charge in [0, 0.05) is 0 Å². The maximum absolute atomic E-state index is 2.49. The van der Waals surface area contributed by atoms with E-state index in [2.05, 4.69) is 20.8 Å². The Morgan fingerprint density at radius 3 is 1.86 bits per heavy atom. The molecule has 0 rings (SSSR count). The minimum absolute atomic E-state index is 0. The van der Waals surface area contributed by atoms with Crippen molar-refractivity contribution in [3.8, 4) is 0 Å². The molecule has 0 saturated heterocycles. The maximum Gasteiger partial charge on any atom is -0.147 e. The standard InChI is InChI=1S/C3H6.2CH3.ClH.Sn/c1-3-2;;;;/h1H,3H2,2H3;2*1H3;1H;. The van der Waals surface area contributed by atoms with Crippen molar-refractivity contribution >= 4 is 35.7 Å². The van der Waals surface area contributed by atoms with Crippen molar-refractivity contribution in [2.75, 3.05) is 0 Å². The van der Waals surface area contributed by atoms with E-state index < -0.39 is 19.3 Å². The SMILES string of the molecule is CC[CH]=[Sn]([CH3])[CH3].Cl. The normalized spacial score (nSPS) is 6.71. The van der Waals surface area contributed by atoms with Crippen LogP contribution in [0.1, 0.15) is 13.3 Å². The van der Waals surface area contributed by atoms with Crippen molar-refractivity contribution in [2.24, 2.45) is 0 Å². The van der Waals surface area contributed by atoms with Gasteiger partial charge in [-0.15, -0.1) is 12.4 Å². The molecule has 0 radical (unpaired) electrons. The molecule has 0 atom stereocenters. The van der Waals surface area contributed by atoms with Crippen molar-refractivity contribution in [2.45, 2.75) is 23.2 Å². The van der Waals surface area contributed by atoms with Crippen LogP contribution in [0.15, 0.2) is 0 Å². The van der Waals surface area contributed by atoms with Crippen molar-refractivity contribution in [3.63, 3.8) is 0 Å². The summed E-state index contributed by atoms with van der Waals surface area (Å²) in [5.74, 6) is 0. The molecule has 0 nitrogen and oxygen atoms in total. The average molecular weight is 227 g/mol. The molecule has 44 valence electrons. The zero-order valence-corrected chi connectivity index (χ0v) is 8.86. The summed E-state index contributed by atoms with van der Waals surface area (Å²) in [4.78, 5) is 4.79. The van der Waals surface area contributed by atoms with E-state index in [1.54, 1.807) is 0 Å². The van der Waals surface area contributed by atoms with Crippen LogP contribution in [0.4, 0.5) is 0 Å². The van der Waals surface area contributed by atoms with Crippen LogP contribution in [0.25, 0.3) is 0 Å². The van der Waals surface area contributed by atoms with Gasteiger partial charge in [-0.05, 0) is 0 Å². The van der Waals surface area contributed by atoms with Gasteiger partial charge in [-0.3, -0.25) is 0 Å². The van der Waals surface area contributed by atoms with Gasteiger partial charge in [-0.25, -0.2) is 0 Å². The zero-order chi connectivity index (χ0) is 4.99. The van der Waals surface area contributed by atoms with E-state index in [0.717, 1.165) is 0 Å². The van der Waals surface area contributed by atoms with Crippen molar-refractivity contribution in [1.82, 2.24) is 0 Å². The van der Waals surface area contributed by atoms with Gasteiger partial charge in [-0.1, -0.05) is 0 Å². The summed E-state index contributed by atoms with van der Waals surface area (Å²) in [6.07, 6.45) is 1.29. The van der Waals surface area contributed by atoms with Crippen LogP contribution in [-0.2, 0) is 0 Å². The Kier molecular flexibility index (Phi) is 10.8. The third-order valence-corrected chi connectivity index (χ3v) is 4.11. The number of rotatable bonds is 1. The second-order valence-corrected chi connectivity index (χ2v) is 9.00. The Morgan fingerprint density at radius 2 is 1.86 bits per heavy atom. The monoisotopic (exact) mass is 228 g/mol. The fraction of sp³-hybridized carbons (Fsp3) is 0.800.